The van der Waals surface area contributed by atoms with Crippen molar-refractivity contribution in [1.29, 1.82) is 0 Å². The highest BCUT2D eigenvalue weighted by atomic mass is 32.2. The fraction of sp³-hybridized carbons (Fsp3) is 0.571. The molecule has 1 N–H and O–H groups in total. The van der Waals surface area contributed by atoms with Crippen molar-refractivity contribution in [3.05, 3.63) is 29.6 Å². The van der Waals surface area contributed by atoms with Crippen LogP contribution in [-0.2, 0) is 17.5 Å². The third-order valence-corrected chi connectivity index (χ3v) is 3.94. The molecule has 0 heterocycles. The van der Waals surface area contributed by atoms with Crippen LogP contribution < -0.4 is 9.46 Å². The summed E-state index contributed by atoms with van der Waals surface area (Å²) < 4.78 is 33.3. The average molecular weight is 287 g/mol. The molecule has 0 aliphatic rings. The van der Waals surface area contributed by atoms with Crippen molar-refractivity contribution >= 4 is 11.0 Å². The summed E-state index contributed by atoms with van der Waals surface area (Å²) in [5.74, 6) is -0.114. The van der Waals surface area contributed by atoms with Gasteiger partial charge in [0.25, 0.3) is 0 Å². The number of rotatable bonds is 6. The zero-order chi connectivity index (χ0) is 14.5. The molecule has 0 saturated heterocycles. The van der Waals surface area contributed by atoms with Crippen LogP contribution in [0.5, 0.6) is 5.75 Å². The summed E-state index contributed by atoms with van der Waals surface area (Å²) in [5, 5.41) is 0. The minimum Gasteiger partial charge on any atom is -0.491 e. The van der Waals surface area contributed by atoms with Gasteiger partial charge in [-0.25, -0.2) is 13.3 Å². The fourth-order valence-electron chi connectivity index (χ4n) is 1.35. The number of nitrogens with one attached hydrogen (secondary N) is 1. The molecule has 0 spiro atoms. The maximum atomic E-state index is 13.5. The third-order valence-electron chi connectivity index (χ3n) is 2.42. The minimum atomic E-state index is -1.14. The Hall–Kier alpha value is -0.940. The van der Waals surface area contributed by atoms with E-state index in [0.29, 0.717) is 13.2 Å². The molecular formula is C14H22FNO2S. The molecule has 0 aromatic heterocycles. The largest absolute Gasteiger partial charge is 0.491 e. The van der Waals surface area contributed by atoms with E-state index >= 15 is 0 Å². The van der Waals surface area contributed by atoms with E-state index in [1.807, 2.05) is 27.7 Å². The molecule has 0 bridgehead atoms. The van der Waals surface area contributed by atoms with Gasteiger partial charge in [0.15, 0.2) is 11.6 Å². The fourth-order valence-corrected chi connectivity index (χ4v) is 2.08. The molecule has 0 radical (unpaired) electrons. The Balaban J connectivity index is 2.67. The van der Waals surface area contributed by atoms with Gasteiger partial charge in [-0.2, -0.15) is 0 Å². The number of hydrogen-bond donors (Lipinski definition) is 1. The molecule has 1 atom stereocenters. The van der Waals surface area contributed by atoms with Gasteiger partial charge in [-0.1, -0.05) is 13.0 Å². The van der Waals surface area contributed by atoms with Crippen molar-refractivity contribution in [3.8, 4) is 5.75 Å². The van der Waals surface area contributed by atoms with Crippen molar-refractivity contribution in [2.75, 3.05) is 6.61 Å². The van der Waals surface area contributed by atoms with E-state index in [1.165, 1.54) is 6.07 Å². The van der Waals surface area contributed by atoms with Crippen LogP contribution in [0.4, 0.5) is 4.39 Å². The first-order valence-corrected chi connectivity index (χ1v) is 7.56. The Kier molecular flexibility index (Phi) is 5.94. The highest BCUT2D eigenvalue weighted by molar-refractivity contribution is 7.84. The lowest BCUT2D eigenvalue weighted by Crippen LogP contribution is -2.32. The number of benzene rings is 1. The molecule has 1 unspecified atom stereocenters. The molecule has 0 aliphatic heterocycles. The van der Waals surface area contributed by atoms with Crippen LogP contribution >= 0.6 is 0 Å². The smallest absolute Gasteiger partial charge is 0.165 e. The minimum absolute atomic E-state index is 0.252. The van der Waals surface area contributed by atoms with Gasteiger partial charge in [-0.05, 0) is 44.9 Å². The first-order chi connectivity index (χ1) is 8.84. The normalized spacial score (nSPS) is 13.3. The van der Waals surface area contributed by atoms with Crippen LogP contribution in [-0.4, -0.2) is 15.6 Å². The Morgan fingerprint density at radius 2 is 2.05 bits per heavy atom. The van der Waals surface area contributed by atoms with Crippen LogP contribution in [0, 0.1) is 5.82 Å². The molecule has 108 valence electrons. The number of halogens is 1. The van der Waals surface area contributed by atoms with Gasteiger partial charge in [0, 0.05) is 6.54 Å². The SMILES string of the molecule is CCCOc1cc(CNS(=O)C(C)(C)C)ccc1F. The summed E-state index contributed by atoms with van der Waals surface area (Å²) in [6.07, 6.45) is 0.829. The van der Waals surface area contributed by atoms with E-state index < -0.39 is 11.0 Å². The molecule has 5 heteroatoms. The third kappa shape index (κ3) is 5.28. The van der Waals surface area contributed by atoms with E-state index in [1.54, 1.807) is 12.1 Å². The highest BCUT2D eigenvalue weighted by Crippen LogP contribution is 2.19. The maximum absolute atomic E-state index is 13.5. The second kappa shape index (κ2) is 7.01. The number of ether oxygens (including phenoxy) is 1. The monoisotopic (exact) mass is 287 g/mol. The van der Waals surface area contributed by atoms with Gasteiger partial charge in [0.1, 0.15) is 0 Å². The molecule has 19 heavy (non-hydrogen) atoms. The summed E-state index contributed by atoms with van der Waals surface area (Å²) in [5.41, 5.74) is 0.852. The van der Waals surface area contributed by atoms with E-state index in [9.17, 15) is 8.60 Å². The Morgan fingerprint density at radius 1 is 1.37 bits per heavy atom. The lowest BCUT2D eigenvalue weighted by Gasteiger charge is -2.18. The molecule has 3 nitrogen and oxygen atoms in total. The first-order valence-electron chi connectivity index (χ1n) is 6.41. The summed E-state index contributed by atoms with van der Waals surface area (Å²) in [4.78, 5) is 0. The topological polar surface area (TPSA) is 38.3 Å². The Morgan fingerprint density at radius 3 is 2.63 bits per heavy atom. The second-order valence-corrected chi connectivity index (χ2v) is 7.37. The molecule has 1 aromatic carbocycles. The van der Waals surface area contributed by atoms with Crippen molar-refractivity contribution < 1.29 is 13.3 Å². The molecule has 0 aliphatic carbocycles. The van der Waals surface area contributed by atoms with Gasteiger partial charge in [-0.3, -0.25) is 0 Å². The molecule has 0 saturated carbocycles. The lowest BCUT2D eigenvalue weighted by atomic mass is 10.2. The second-order valence-electron chi connectivity index (χ2n) is 5.32. The standard InChI is InChI=1S/C14H22FNO2S/c1-5-8-18-13-9-11(6-7-12(13)15)10-16-19(17)14(2,3)4/h6-7,9,16H,5,8,10H2,1-4H3. The zero-order valence-electron chi connectivity index (χ0n) is 12.0. The predicted molar refractivity (Wildman–Crippen MR) is 76.9 cm³/mol. The van der Waals surface area contributed by atoms with E-state index in [2.05, 4.69) is 4.72 Å². The zero-order valence-corrected chi connectivity index (χ0v) is 12.8. The van der Waals surface area contributed by atoms with Crippen LogP contribution in [0.2, 0.25) is 0 Å². The first kappa shape index (κ1) is 16.1. The Bertz CT molecular complexity index is 444. The predicted octanol–water partition coefficient (Wildman–Crippen LogP) is 3.17. The molecule has 0 fully saturated rings. The van der Waals surface area contributed by atoms with Crippen molar-refractivity contribution in [1.82, 2.24) is 4.72 Å². The number of hydrogen-bond acceptors (Lipinski definition) is 2. The van der Waals surface area contributed by atoms with Crippen LogP contribution in [0.3, 0.4) is 0 Å². The van der Waals surface area contributed by atoms with Gasteiger partial charge < -0.3 is 4.74 Å². The molecular weight excluding hydrogens is 265 g/mol. The van der Waals surface area contributed by atoms with E-state index in [0.717, 1.165) is 12.0 Å². The van der Waals surface area contributed by atoms with Crippen molar-refractivity contribution in [2.45, 2.75) is 45.4 Å². The van der Waals surface area contributed by atoms with Gasteiger partial charge in [-0.15, -0.1) is 0 Å². The van der Waals surface area contributed by atoms with Crippen molar-refractivity contribution in [2.24, 2.45) is 0 Å². The molecule has 0 amide bonds. The highest BCUT2D eigenvalue weighted by Gasteiger charge is 2.19. The summed E-state index contributed by atoms with van der Waals surface area (Å²) in [6.45, 7) is 8.58. The summed E-state index contributed by atoms with van der Waals surface area (Å²) in [7, 11) is -1.14. The van der Waals surface area contributed by atoms with Crippen molar-refractivity contribution in [3.63, 3.8) is 0 Å². The van der Waals surface area contributed by atoms with Crippen LogP contribution in [0.1, 0.15) is 39.7 Å². The van der Waals surface area contributed by atoms with Gasteiger partial charge in [0.2, 0.25) is 0 Å². The van der Waals surface area contributed by atoms with Crippen LogP contribution in [0.15, 0.2) is 18.2 Å². The lowest BCUT2D eigenvalue weighted by molar-refractivity contribution is 0.301. The Labute approximate surface area is 117 Å². The quantitative estimate of drug-likeness (QED) is 0.872. The average Bonchev–Trinajstić information content (AvgIpc) is 2.34. The molecule has 1 rings (SSSR count). The summed E-state index contributed by atoms with van der Waals surface area (Å²) in [6, 6.07) is 4.70. The summed E-state index contributed by atoms with van der Waals surface area (Å²) >= 11 is 0. The van der Waals surface area contributed by atoms with E-state index in [-0.39, 0.29) is 16.3 Å². The van der Waals surface area contributed by atoms with Gasteiger partial charge in [0.05, 0.1) is 22.3 Å². The maximum Gasteiger partial charge on any atom is 0.165 e. The van der Waals surface area contributed by atoms with Gasteiger partial charge >= 0.3 is 0 Å². The van der Waals surface area contributed by atoms with E-state index in [4.69, 9.17) is 4.74 Å². The molecule has 1 aromatic rings. The van der Waals surface area contributed by atoms with Crippen LogP contribution in [0.25, 0.3) is 0 Å².